The van der Waals surface area contributed by atoms with Crippen molar-refractivity contribution in [1.82, 2.24) is 40.7 Å². The fourth-order valence-corrected chi connectivity index (χ4v) is 8.66. The molecule has 15 nitrogen and oxygen atoms in total. The first kappa shape index (κ1) is 47.9. The minimum atomic E-state index is -1.22. The summed E-state index contributed by atoms with van der Waals surface area (Å²) in [5.74, 6) is -1.81. The van der Waals surface area contributed by atoms with Crippen LogP contribution in [0.15, 0.2) is 109 Å². The van der Waals surface area contributed by atoms with Crippen molar-refractivity contribution in [2.45, 2.75) is 97.1 Å². The highest BCUT2D eigenvalue weighted by atomic mass is 32.1. The van der Waals surface area contributed by atoms with E-state index in [2.05, 4.69) is 30.9 Å². The number of methoxy groups -OCH3 is 1. The summed E-state index contributed by atoms with van der Waals surface area (Å²) in [6.07, 6.45) is 4.14. The van der Waals surface area contributed by atoms with E-state index in [1.807, 2.05) is 120 Å². The molecular formula is C49H58N8O7S. The third-order valence-electron chi connectivity index (χ3n) is 11.6. The Morgan fingerprint density at radius 1 is 0.862 bits per heavy atom. The monoisotopic (exact) mass is 902 g/mol. The number of imide groups is 1. The number of aromatic nitrogens is 3. The van der Waals surface area contributed by atoms with Crippen LogP contribution in [0.25, 0.3) is 21.8 Å². The Morgan fingerprint density at radius 2 is 1.58 bits per heavy atom. The molecule has 0 saturated carbocycles. The summed E-state index contributed by atoms with van der Waals surface area (Å²) >= 11 is 1.38. The van der Waals surface area contributed by atoms with E-state index >= 15 is 0 Å². The molecule has 16 heteroatoms. The summed E-state index contributed by atoms with van der Waals surface area (Å²) in [5, 5.41) is 23.6. The molecule has 5 aromatic rings. The fraction of sp³-hybridized carbons (Fsp3) is 0.388. The molecule has 1 aliphatic rings. The van der Waals surface area contributed by atoms with Gasteiger partial charge in [-0.05, 0) is 66.0 Å². The Balaban J connectivity index is 1.25. The number of aliphatic hydroxyl groups excluding tert-OH is 1. The average Bonchev–Trinajstić information content (AvgIpc) is 3.88. The highest BCUT2D eigenvalue weighted by Crippen LogP contribution is 2.28. The van der Waals surface area contributed by atoms with Crippen LogP contribution in [0.5, 0.6) is 0 Å². The van der Waals surface area contributed by atoms with E-state index in [0.29, 0.717) is 23.5 Å². The third kappa shape index (κ3) is 12.6. The number of nitrogens with one attached hydrogen (secondary N) is 3. The summed E-state index contributed by atoms with van der Waals surface area (Å²) in [6, 6.07) is 22.3. The first-order valence-electron chi connectivity index (χ1n) is 21.8. The largest absolute Gasteiger partial charge is 0.453 e. The van der Waals surface area contributed by atoms with Crippen LogP contribution in [0.4, 0.5) is 9.59 Å². The van der Waals surface area contributed by atoms with Crippen LogP contribution >= 0.6 is 11.3 Å². The third-order valence-corrected chi connectivity index (χ3v) is 12.5. The molecule has 1 saturated heterocycles. The van der Waals surface area contributed by atoms with E-state index < -0.39 is 65.5 Å². The summed E-state index contributed by atoms with van der Waals surface area (Å²) in [4.78, 5) is 84.4. The lowest BCUT2D eigenvalue weighted by molar-refractivity contribution is -0.130. The van der Waals surface area contributed by atoms with Gasteiger partial charge >= 0.3 is 12.1 Å². The van der Waals surface area contributed by atoms with Gasteiger partial charge in [0.05, 0.1) is 37.2 Å². The number of benzene rings is 2. The molecule has 1 aliphatic heterocycles. The zero-order valence-corrected chi connectivity index (χ0v) is 38.5. The molecule has 342 valence electrons. The van der Waals surface area contributed by atoms with Gasteiger partial charge in [-0.25, -0.2) is 14.6 Å². The predicted octanol–water partition coefficient (Wildman–Crippen LogP) is 6.42. The number of rotatable bonds is 19. The molecule has 2 aromatic carbocycles. The summed E-state index contributed by atoms with van der Waals surface area (Å²) < 4.78 is 4.84. The molecule has 0 bridgehead atoms. The molecule has 4 N–H and O–H groups in total. The summed E-state index contributed by atoms with van der Waals surface area (Å²) in [5.41, 5.74) is 4.06. The van der Waals surface area contributed by atoms with Crippen LogP contribution in [0.3, 0.4) is 0 Å². The number of amides is 6. The van der Waals surface area contributed by atoms with Crippen LogP contribution in [0.2, 0.25) is 0 Å². The molecule has 3 aromatic heterocycles. The molecule has 6 unspecified atom stereocenters. The van der Waals surface area contributed by atoms with Crippen molar-refractivity contribution in [3.05, 3.63) is 126 Å². The van der Waals surface area contributed by atoms with Gasteiger partial charge in [-0.15, -0.1) is 11.3 Å². The molecule has 6 atom stereocenters. The molecular weight excluding hydrogens is 845 g/mol. The van der Waals surface area contributed by atoms with Gasteiger partial charge in [0.25, 0.3) is 5.91 Å². The Labute approximate surface area is 384 Å². The minimum absolute atomic E-state index is 0.00181. The van der Waals surface area contributed by atoms with Crippen LogP contribution in [0, 0.1) is 11.3 Å². The number of carbonyl (C=O) groups excluding carboxylic acids is 5. The van der Waals surface area contributed by atoms with Crippen molar-refractivity contribution in [2.24, 2.45) is 11.3 Å². The quantitative estimate of drug-likeness (QED) is 0.0672. The lowest BCUT2D eigenvalue weighted by Gasteiger charge is -2.35. The molecule has 0 radical (unpaired) electrons. The Bertz CT molecular complexity index is 2380. The zero-order chi connectivity index (χ0) is 46.7. The van der Waals surface area contributed by atoms with Gasteiger partial charge < -0.3 is 30.7 Å². The molecule has 65 heavy (non-hydrogen) atoms. The molecule has 6 rings (SSSR count). The highest BCUT2D eigenvalue weighted by molar-refractivity contribution is 7.13. The zero-order valence-electron chi connectivity index (χ0n) is 37.6. The van der Waals surface area contributed by atoms with Crippen molar-refractivity contribution in [1.29, 1.82) is 0 Å². The van der Waals surface area contributed by atoms with Gasteiger partial charge in [-0.1, -0.05) is 102 Å². The number of pyridine rings is 2. The van der Waals surface area contributed by atoms with Crippen molar-refractivity contribution in [3.8, 4) is 21.8 Å². The SMILES string of the molecule is CCC(C)C(C(=O)NC(Cc1ccccc1)C(O)CC(Cc1ccc(-c2ccccn2)cc1)NC(=O)C(NC(=O)OC)C(C)(C)C)N1CC(=O)N(Cc2csc(-c3cccnc3)n2)C1=O. The van der Waals surface area contributed by atoms with Crippen LogP contribution in [-0.4, -0.2) is 104 Å². The Morgan fingerprint density at radius 3 is 2.23 bits per heavy atom. The van der Waals surface area contributed by atoms with Gasteiger partial charge in [0.15, 0.2) is 0 Å². The van der Waals surface area contributed by atoms with E-state index in [-0.39, 0.29) is 31.8 Å². The summed E-state index contributed by atoms with van der Waals surface area (Å²) in [7, 11) is 1.23. The standard InChI is InChI=1S/C49H58N8O7S/c1-7-31(2)42(57-29-41(59)56(48(57)63)28-37-30-65-46(53-37)35-16-13-22-50-27-35)44(60)54-39(25-32-14-9-8-10-15-32)40(58)26-36(52-45(61)43(49(3,4)5)55-47(62)64-6)24-33-18-20-34(21-19-33)38-17-11-12-23-51-38/h8-23,27,30-31,36,39-40,42-43,58H,7,24-26,28-29H2,1-6H3,(H,52,61)(H,54,60)(H,55,62). The van der Waals surface area contributed by atoms with E-state index in [9.17, 15) is 29.1 Å². The molecule has 1 fully saturated rings. The van der Waals surface area contributed by atoms with E-state index in [0.717, 1.165) is 32.8 Å². The maximum atomic E-state index is 14.7. The van der Waals surface area contributed by atoms with Crippen molar-refractivity contribution in [2.75, 3.05) is 13.7 Å². The lowest BCUT2D eigenvalue weighted by atomic mass is 9.85. The highest BCUT2D eigenvalue weighted by Gasteiger charge is 2.45. The van der Waals surface area contributed by atoms with Gasteiger partial charge in [0, 0.05) is 41.1 Å². The van der Waals surface area contributed by atoms with Gasteiger partial charge in [0.2, 0.25) is 11.8 Å². The second-order valence-corrected chi connectivity index (χ2v) is 18.3. The van der Waals surface area contributed by atoms with Gasteiger partial charge in [-0.3, -0.25) is 29.3 Å². The molecule has 6 amide bonds. The number of ether oxygens (including phenoxy) is 1. The van der Waals surface area contributed by atoms with E-state index in [1.165, 1.54) is 23.3 Å². The van der Waals surface area contributed by atoms with Crippen LogP contribution in [0.1, 0.15) is 64.3 Å². The maximum Gasteiger partial charge on any atom is 0.407 e. The number of thiazole rings is 1. The number of urea groups is 1. The van der Waals surface area contributed by atoms with E-state index in [4.69, 9.17) is 4.74 Å². The maximum absolute atomic E-state index is 14.7. The minimum Gasteiger partial charge on any atom is -0.453 e. The second-order valence-electron chi connectivity index (χ2n) is 17.5. The predicted molar refractivity (Wildman–Crippen MR) is 248 cm³/mol. The first-order chi connectivity index (χ1) is 31.1. The number of aliphatic hydroxyl groups is 1. The second kappa shape index (κ2) is 21.9. The van der Waals surface area contributed by atoms with Crippen molar-refractivity contribution < 1.29 is 33.8 Å². The molecule has 4 heterocycles. The van der Waals surface area contributed by atoms with Gasteiger partial charge in [0.1, 0.15) is 23.6 Å². The van der Waals surface area contributed by atoms with Crippen molar-refractivity contribution >= 4 is 41.2 Å². The van der Waals surface area contributed by atoms with Gasteiger partial charge in [-0.2, -0.15) is 0 Å². The first-order valence-corrected chi connectivity index (χ1v) is 22.7. The topological polar surface area (TPSA) is 196 Å². The van der Waals surface area contributed by atoms with Crippen LogP contribution < -0.4 is 16.0 Å². The Hall–Kier alpha value is -6.52. The molecule has 0 spiro atoms. The summed E-state index contributed by atoms with van der Waals surface area (Å²) in [6.45, 7) is 8.88. The number of alkyl carbamates (subject to hydrolysis) is 1. The average molecular weight is 903 g/mol. The normalized spacial score (nSPS) is 15.7. The fourth-order valence-electron chi connectivity index (χ4n) is 7.86. The number of hydrogen-bond acceptors (Lipinski definition) is 11. The lowest BCUT2D eigenvalue weighted by Crippen LogP contribution is -2.58. The number of hydrogen-bond donors (Lipinski definition) is 4. The smallest absolute Gasteiger partial charge is 0.407 e. The number of carbonyl (C=O) groups is 5. The van der Waals surface area contributed by atoms with E-state index in [1.54, 1.807) is 24.0 Å². The Kier molecular flexibility index (Phi) is 16.2. The number of nitrogens with zero attached hydrogens (tertiary/aromatic N) is 5. The molecule has 0 aliphatic carbocycles. The van der Waals surface area contributed by atoms with Crippen LogP contribution in [-0.2, 0) is 38.5 Å². The van der Waals surface area contributed by atoms with Crippen molar-refractivity contribution in [3.63, 3.8) is 0 Å².